The van der Waals surface area contributed by atoms with Gasteiger partial charge < -0.3 is 14.7 Å². The number of imide groups is 1. The van der Waals surface area contributed by atoms with Gasteiger partial charge in [-0.25, -0.2) is 4.79 Å². The summed E-state index contributed by atoms with van der Waals surface area (Å²) in [7, 11) is 1.60. The van der Waals surface area contributed by atoms with Gasteiger partial charge in [-0.1, -0.05) is 0 Å². The Labute approximate surface area is 136 Å². The Morgan fingerprint density at radius 2 is 1.91 bits per heavy atom. The SMILES string of the molecule is CN1C(=O)N(C[C@H]2CCOC2)C2(CC3(CCC(O)CC3)C2)C1=O. The van der Waals surface area contributed by atoms with Gasteiger partial charge in [-0.2, -0.15) is 0 Å². The molecule has 6 nitrogen and oxygen atoms in total. The number of ether oxygens (including phenoxy) is 1. The average molecular weight is 322 g/mol. The summed E-state index contributed by atoms with van der Waals surface area (Å²) in [6.45, 7) is 2.08. The summed E-state index contributed by atoms with van der Waals surface area (Å²) in [5.41, 5.74) is -0.457. The van der Waals surface area contributed by atoms with Crippen molar-refractivity contribution in [3.63, 3.8) is 0 Å². The highest BCUT2D eigenvalue weighted by Crippen LogP contribution is 2.61. The van der Waals surface area contributed by atoms with Gasteiger partial charge in [-0.05, 0) is 50.4 Å². The second-order valence-corrected chi connectivity index (χ2v) is 8.10. The molecular weight excluding hydrogens is 296 g/mol. The Morgan fingerprint density at radius 3 is 2.52 bits per heavy atom. The zero-order valence-electron chi connectivity index (χ0n) is 13.8. The third kappa shape index (κ3) is 2.22. The van der Waals surface area contributed by atoms with E-state index in [-0.39, 0.29) is 23.5 Å². The van der Waals surface area contributed by atoms with E-state index in [0.717, 1.165) is 51.6 Å². The van der Waals surface area contributed by atoms with Gasteiger partial charge in [0.2, 0.25) is 0 Å². The van der Waals surface area contributed by atoms with Crippen molar-refractivity contribution in [2.24, 2.45) is 11.3 Å². The van der Waals surface area contributed by atoms with E-state index in [2.05, 4.69) is 0 Å². The fraction of sp³-hybridized carbons (Fsp3) is 0.882. The third-order valence-corrected chi connectivity index (χ3v) is 6.55. The molecule has 2 aliphatic carbocycles. The van der Waals surface area contributed by atoms with Gasteiger partial charge in [-0.3, -0.25) is 9.69 Å². The van der Waals surface area contributed by atoms with Gasteiger partial charge >= 0.3 is 6.03 Å². The summed E-state index contributed by atoms with van der Waals surface area (Å²) >= 11 is 0. The summed E-state index contributed by atoms with van der Waals surface area (Å²) in [6.07, 6.45) is 5.92. The normalized spacial score (nSPS) is 43.7. The lowest BCUT2D eigenvalue weighted by atomic mass is 9.51. The van der Waals surface area contributed by atoms with Crippen molar-refractivity contribution < 1.29 is 19.4 Å². The summed E-state index contributed by atoms with van der Waals surface area (Å²) < 4.78 is 5.43. The molecule has 0 aromatic heterocycles. The highest BCUT2D eigenvalue weighted by atomic mass is 16.5. The molecule has 23 heavy (non-hydrogen) atoms. The Hall–Kier alpha value is -1.14. The maximum atomic E-state index is 12.8. The number of urea groups is 1. The van der Waals surface area contributed by atoms with Gasteiger partial charge in [0.25, 0.3) is 5.91 Å². The second kappa shape index (κ2) is 5.18. The highest BCUT2D eigenvalue weighted by molar-refractivity contribution is 6.07. The molecule has 128 valence electrons. The first-order valence-electron chi connectivity index (χ1n) is 8.81. The van der Waals surface area contributed by atoms with Crippen LogP contribution in [0, 0.1) is 11.3 Å². The van der Waals surface area contributed by atoms with E-state index in [9.17, 15) is 14.7 Å². The van der Waals surface area contributed by atoms with Crippen LogP contribution < -0.4 is 0 Å². The lowest BCUT2D eigenvalue weighted by Gasteiger charge is -2.58. The molecule has 2 spiro atoms. The first-order chi connectivity index (χ1) is 11.0. The molecule has 4 aliphatic rings. The fourth-order valence-electron chi connectivity index (χ4n) is 5.22. The Kier molecular flexibility index (Phi) is 3.47. The summed E-state index contributed by atoms with van der Waals surface area (Å²) in [5, 5.41) is 9.74. The number of hydrogen-bond donors (Lipinski definition) is 1. The molecule has 1 N–H and O–H groups in total. The van der Waals surface area contributed by atoms with Crippen molar-refractivity contribution in [1.82, 2.24) is 9.80 Å². The quantitative estimate of drug-likeness (QED) is 0.780. The maximum Gasteiger partial charge on any atom is 0.327 e. The number of aliphatic hydroxyl groups is 1. The molecule has 2 saturated heterocycles. The number of carbonyl (C=O) groups is 2. The number of aliphatic hydroxyl groups excluding tert-OH is 1. The van der Waals surface area contributed by atoms with Crippen LogP contribution in [0.5, 0.6) is 0 Å². The van der Waals surface area contributed by atoms with Gasteiger partial charge in [0.1, 0.15) is 5.54 Å². The molecule has 3 amide bonds. The molecule has 2 heterocycles. The van der Waals surface area contributed by atoms with Crippen molar-refractivity contribution in [3.8, 4) is 0 Å². The van der Waals surface area contributed by atoms with Gasteiger partial charge in [0, 0.05) is 26.1 Å². The number of likely N-dealkylation sites (N-methyl/N-ethyl adjacent to an activating group) is 1. The molecule has 2 saturated carbocycles. The molecular formula is C17H26N2O4. The summed E-state index contributed by atoms with van der Waals surface area (Å²) in [5.74, 6) is 0.318. The van der Waals surface area contributed by atoms with E-state index in [1.165, 1.54) is 4.90 Å². The van der Waals surface area contributed by atoms with Gasteiger partial charge in [0.15, 0.2) is 0 Å². The van der Waals surface area contributed by atoms with Crippen molar-refractivity contribution in [1.29, 1.82) is 0 Å². The number of hydrogen-bond acceptors (Lipinski definition) is 4. The zero-order chi connectivity index (χ0) is 16.2. The van der Waals surface area contributed by atoms with Crippen LogP contribution in [0.3, 0.4) is 0 Å². The van der Waals surface area contributed by atoms with E-state index < -0.39 is 5.54 Å². The van der Waals surface area contributed by atoms with Crippen molar-refractivity contribution in [2.45, 2.75) is 56.6 Å². The van der Waals surface area contributed by atoms with Crippen LogP contribution >= 0.6 is 0 Å². The molecule has 6 heteroatoms. The van der Waals surface area contributed by atoms with Crippen LogP contribution in [0.2, 0.25) is 0 Å². The third-order valence-electron chi connectivity index (χ3n) is 6.55. The molecule has 0 unspecified atom stereocenters. The van der Waals surface area contributed by atoms with Crippen LogP contribution in [0.25, 0.3) is 0 Å². The Morgan fingerprint density at radius 1 is 1.22 bits per heavy atom. The lowest BCUT2D eigenvalue weighted by molar-refractivity contribution is -0.151. The molecule has 0 aromatic rings. The van der Waals surface area contributed by atoms with E-state index in [4.69, 9.17) is 4.74 Å². The lowest BCUT2D eigenvalue weighted by Crippen LogP contribution is -2.64. The van der Waals surface area contributed by atoms with E-state index in [1.807, 2.05) is 4.90 Å². The predicted octanol–water partition coefficient (Wildman–Crippen LogP) is 1.37. The molecule has 2 aliphatic heterocycles. The van der Waals surface area contributed by atoms with Crippen LogP contribution in [0.1, 0.15) is 44.9 Å². The van der Waals surface area contributed by atoms with Crippen LogP contribution in [-0.4, -0.2) is 65.3 Å². The fourth-order valence-corrected chi connectivity index (χ4v) is 5.22. The first-order valence-corrected chi connectivity index (χ1v) is 8.81. The Balaban J connectivity index is 1.53. The molecule has 4 fully saturated rings. The minimum Gasteiger partial charge on any atom is -0.393 e. The second-order valence-electron chi connectivity index (χ2n) is 8.10. The van der Waals surface area contributed by atoms with E-state index in [1.54, 1.807) is 7.05 Å². The molecule has 4 rings (SSSR count). The topological polar surface area (TPSA) is 70.1 Å². The highest BCUT2D eigenvalue weighted by Gasteiger charge is 2.67. The van der Waals surface area contributed by atoms with Crippen LogP contribution in [-0.2, 0) is 9.53 Å². The summed E-state index contributed by atoms with van der Waals surface area (Å²) in [4.78, 5) is 28.5. The molecule has 1 atom stereocenters. The predicted molar refractivity (Wildman–Crippen MR) is 82.7 cm³/mol. The van der Waals surface area contributed by atoms with Crippen molar-refractivity contribution in [3.05, 3.63) is 0 Å². The number of carbonyl (C=O) groups excluding carboxylic acids is 2. The molecule has 0 bridgehead atoms. The molecule has 0 radical (unpaired) electrons. The number of nitrogens with zero attached hydrogens (tertiary/aromatic N) is 2. The van der Waals surface area contributed by atoms with Crippen molar-refractivity contribution in [2.75, 3.05) is 26.8 Å². The smallest absolute Gasteiger partial charge is 0.327 e. The zero-order valence-corrected chi connectivity index (χ0v) is 13.8. The standard InChI is InChI=1S/C17H26N2O4/c1-18-14(21)17(10-16(11-17)5-2-13(20)3-6-16)19(15(18)22)8-12-4-7-23-9-12/h12-13,20H,2-11H2,1H3/t12-,13?,16?,17?/m1/s1. The van der Waals surface area contributed by atoms with E-state index in [0.29, 0.717) is 19.1 Å². The van der Waals surface area contributed by atoms with Gasteiger partial charge in [0.05, 0.1) is 12.7 Å². The monoisotopic (exact) mass is 322 g/mol. The van der Waals surface area contributed by atoms with Crippen LogP contribution in [0.15, 0.2) is 0 Å². The molecule has 0 aromatic carbocycles. The summed E-state index contributed by atoms with van der Waals surface area (Å²) in [6, 6.07) is -0.146. The Bertz CT molecular complexity index is 513. The largest absolute Gasteiger partial charge is 0.393 e. The van der Waals surface area contributed by atoms with Gasteiger partial charge in [-0.15, -0.1) is 0 Å². The first kappa shape index (κ1) is 15.4. The number of amides is 3. The van der Waals surface area contributed by atoms with E-state index >= 15 is 0 Å². The maximum absolute atomic E-state index is 12.8. The average Bonchev–Trinajstić information content (AvgIpc) is 3.08. The minimum absolute atomic E-state index is 0.0295. The van der Waals surface area contributed by atoms with Crippen LogP contribution in [0.4, 0.5) is 4.79 Å². The number of rotatable bonds is 2. The van der Waals surface area contributed by atoms with Crippen molar-refractivity contribution >= 4 is 11.9 Å². The minimum atomic E-state index is -0.614.